The molecule has 0 amide bonds. The van der Waals surface area contributed by atoms with Crippen molar-refractivity contribution in [3.63, 3.8) is 0 Å². The van der Waals surface area contributed by atoms with Crippen molar-refractivity contribution < 1.29 is 0 Å². The summed E-state index contributed by atoms with van der Waals surface area (Å²) in [6.07, 6.45) is 2.45. The largest absolute Gasteiger partial charge is 0.385 e. The first-order chi connectivity index (χ1) is 9.33. The van der Waals surface area contributed by atoms with Crippen molar-refractivity contribution in [1.82, 2.24) is 5.32 Å². The predicted molar refractivity (Wildman–Crippen MR) is 82.9 cm³/mol. The summed E-state index contributed by atoms with van der Waals surface area (Å²) in [6, 6.07) is 11.0. The second kappa shape index (κ2) is 5.76. The van der Waals surface area contributed by atoms with E-state index in [4.69, 9.17) is 0 Å². The van der Waals surface area contributed by atoms with E-state index >= 15 is 0 Å². The number of hydrogen-bond acceptors (Lipinski definition) is 3. The molecule has 0 fully saturated rings. The Morgan fingerprint density at radius 1 is 1.21 bits per heavy atom. The lowest BCUT2D eigenvalue weighted by molar-refractivity contribution is 0.689. The lowest BCUT2D eigenvalue weighted by atomic mass is 9.97. The van der Waals surface area contributed by atoms with Gasteiger partial charge >= 0.3 is 0 Å². The fourth-order valence-corrected chi connectivity index (χ4v) is 3.51. The molecule has 1 aliphatic heterocycles. The maximum absolute atomic E-state index is 3.56. The van der Waals surface area contributed by atoms with Crippen LogP contribution in [-0.2, 0) is 19.5 Å². The van der Waals surface area contributed by atoms with Gasteiger partial charge in [-0.05, 0) is 49.1 Å². The van der Waals surface area contributed by atoms with Crippen molar-refractivity contribution in [2.45, 2.75) is 32.9 Å². The number of thiophene rings is 1. The number of fused-ring (bicyclic) bond motifs is 1. The number of aryl methyl sites for hydroxylation is 1. The first-order valence-electron chi connectivity index (χ1n) is 6.93. The second-order valence-electron chi connectivity index (χ2n) is 5.09. The van der Waals surface area contributed by atoms with Crippen molar-refractivity contribution in [1.29, 1.82) is 0 Å². The molecule has 0 unspecified atom stereocenters. The zero-order valence-electron chi connectivity index (χ0n) is 11.3. The van der Waals surface area contributed by atoms with Crippen LogP contribution in [0.4, 0.5) is 5.69 Å². The fraction of sp³-hybridized carbons (Fsp3) is 0.375. The van der Waals surface area contributed by atoms with Crippen LogP contribution in [0.5, 0.6) is 0 Å². The topological polar surface area (TPSA) is 24.1 Å². The predicted octanol–water partition coefficient (Wildman–Crippen LogP) is 3.70. The Labute approximate surface area is 118 Å². The third kappa shape index (κ3) is 2.99. The molecule has 1 aromatic carbocycles. The van der Waals surface area contributed by atoms with Crippen LogP contribution in [0.15, 0.2) is 30.3 Å². The van der Waals surface area contributed by atoms with E-state index in [2.05, 4.69) is 47.9 Å². The Hall–Kier alpha value is -1.32. The van der Waals surface area contributed by atoms with Gasteiger partial charge in [-0.15, -0.1) is 11.3 Å². The number of nitrogens with one attached hydrogen (secondary N) is 2. The lowest BCUT2D eigenvalue weighted by Crippen LogP contribution is -2.17. The number of anilines is 1. The van der Waals surface area contributed by atoms with Crippen molar-refractivity contribution in [2.75, 3.05) is 11.9 Å². The molecule has 0 radical (unpaired) electrons. The first-order valence-corrected chi connectivity index (χ1v) is 7.75. The summed E-state index contributed by atoms with van der Waals surface area (Å²) >= 11 is 1.88. The van der Waals surface area contributed by atoms with Gasteiger partial charge in [-0.1, -0.05) is 12.1 Å². The third-order valence-corrected chi connectivity index (χ3v) is 4.60. The Morgan fingerprint density at radius 3 is 3.00 bits per heavy atom. The highest BCUT2D eigenvalue weighted by Crippen LogP contribution is 2.25. The average molecular weight is 272 g/mol. The molecule has 2 heterocycles. The monoisotopic (exact) mass is 272 g/mol. The fourth-order valence-electron chi connectivity index (χ4n) is 2.65. The van der Waals surface area contributed by atoms with E-state index in [1.807, 2.05) is 11.3 Å². The molecule has 100 valence electrons. The maximum atomic E-state index is 3.56. The molecule has 0 spiro atoms. The summed E-state index contributed by atoms with van der Waals surface area (Å²) in [7, 11) is 0. The zero-order valence-corrected chi connectivity index (χ0v) is 12.1. The average Bonchev–Trinajstić information content (AvgIpc) is 2.85. The van der Waals surface area contributed by atoms with Crippen LogP contribution in [0.1, 0.15) is 27.3 Å². The second-order valence-corrected chi connectivity index (χ2v) is 6.46. The van der Waals surface area contributed by atoms with Crippen LogP contribution in [0.25, 0.3) is 0 Å². The molecule has 1 aliphatic rings. The standard InChI is InChI=1S/C16H20N2S/c1-12-7-8-14(19-12)11-17-10-13-4-2-6-16-15(13)5-3-9-18-16/h2,4,6-8,17-18H,3,5,9-11H2,1H3. The van der Waals surface area contributed by atoms with E-state index in [-0.39, 0.29) is 0 Å². The molecule has 2 nitrogen and oxygen atoms in total. The molecule has 1 aromatic heterocycles. The van der Waals surface area contributed by atoms with Gasteiger partial charge in [0.2, 0.25) is 0 Å². The van der Waals surface area contributed by atoms with Gasteiger partial charge in [0, 0.05) is 35.1 Å². The highest BCUT2D eigenvalue weighted by Gasteiger charge is 2.11. The van der Waals surface area contributed by atoms with Gasteiger partial charge in [0.15, 0.2) is 0 Å². The summed E-state index contributed by atoms with van der Waals surface area (Å²) in [5, 5.41) is 7.05. The number of benzene rings is 1. The Bertz CT molecular complexity index is 560. The molecule has 0 bridgehead atoms. The normalized spacial score (nSPS) is 13.9. The SMILES string of the molecule is Cc1ccc(CNCc2cccc3c2CCCN3)s1. The summed E-state index contributed by atoms with van der Waals surface area (Å²) in [5.74, 6) is 0. The maximum Gasteiger partial charge on any atom is 0.0375 e. The van der Waals surface area contributed by atoms with E-state index in [0.29, 0.717) is 0 Å². The minimum Gasteiger partial charge on any atom is -0.385 e. The Morgan fingerprint density at radius 2 is 2.16 bits per heavy atom. The summed E-state index contributed by atoms with van der Waals surface area (Å²) in [6.45, 7) is 5.20. The quantitative estimate of drug-likeness (QED) is 0.886. The molecule has 2 aromatic rings. The number of hydrogen-bond donors (Lipinski definition) is 2. The van der Waals surface area contributed by atoms with E-state index in [1.54, 1.807) is 0 Å². The molecular weight excluding hydrogens is 252 g/mol. The van der Waals surface area contributed by atoms with Crippen molar-refractivity contribution in [2.24, 2.45) is 0 Å². The number of rotatable bonds is 4. The molecule has 0 atom stereocenters. The van der Waals surface area contributed by atoms with Crippen molar-refractivity contribution in [3.05, 3.63) is 51.2 Å². The minimum absolute atomic E-state index is 0.960. The van der Waals surface area contributed by atoms with Gasteiger partial charge in [-0.25, -0.2) is 0 Å². The van der Waals surface area contributed by atoms with Gasteiger partial charge < -0.3 is 10.6 Å². The highest BCUT2D eigenvalue weighted by molar-refractivity contribution is 7.11. The van der Waals surface area contributed by atoms with Crippen LogP contribution < -0.4 is 10.6 Å². The van der Waals surface area contributed by atoms with Gasteiger partial charge in [-0.2, -0.15) is 0 Å². The van der Waals surface area contributed by atoms with E-state index in [1.165, 1.54) is 39.4 Å². The van der Waals surface area contributed by atoms with Crippen LogP contribution in [0, 0.1) is 6.92 Å². The summed E-state index contributed by atoms with van der Waals surface area (Å²) in [5.41, 5.74) is 4.28. The van der Waals surface area contributed by atoms with Crippen LogP contribution in [0.2, 0.25) is 0 Å². The highest BCUT2D eigenvalue weighted by atomic mass is 32.1. The summed E-state index contributed by atoms with van der Waals surface area (Å²) in [4.78, 5) is 2.80. The first kappa shape index (κ1) is 12.7. The lowest BCUT2D eigenvalue weighted by Gasteiger charge is -2.21. The zero-order chi connectivity index (χ0) is 13.1. The van der Waals surface area contributed by atoms with Crippen LogP contribution >= 0.6 is 11.3 Å². The van der Waals surface area contributed by atoms with Crippen molar-refractivity contribution in [3.8, 4) is 0 Å². The molecule has 2 N–H and O–H groups in total. The molecular formula is C16H20N2S. The van der Waals surface area contributed by atoms with Gasteiger partial charge in [0.25, 0.3) is 0 Å². The van der Waals surface area contributed by atoms with E-state index < -0.39 is 0 Å². The third-order valence-electron chi connectivity index (χ3n) is 3.60. The van der Waals surface area contributed by atoms with Crippen LogP contribution in [0.3, 0.4) is 0 Å². The Balaban J connectivity index is 1.64. The molecule has 3 rings (SSSR count). The van der Waals surface area contributed by atoms with Crippen LogP contribution in [-0.4, -0.2) is 6.54 Å². The van der Waals surface area contributed by atoms with Gasteiger partial charge in [0.1, 0.15) is 0 Å². The summed E-state index contributed by atoms with van der Waals surface area (Å²) < 4.78 is 0. The molecule has 0 saturated heterocycles. The molecule has 3 heteroatoms. The van der Waals surface area contributed by atoms with E-state index in [9.17, 15) is 0 Å². The van der Waals surface area contributed by atoms with Gasteiger partial charge in [0.05, 0.1) is 0 Å². The molecule has 19 heavy (non-hydrogen) atoms. The molecule has 0 saturated carbocycles. The molecule has 0 aliphatic carbocycles. The van der Waals surface area contributed by atoms with Gasteiger partial charge in [-0.3, -0.25) is 0 Å². The smallest absolute Gasteiger partial charge is 0.0375 e. The van der Waals surface area contributed by atoms with E-state index in [0.717, 1.165) is 19.6 Å². The minimum atomic E-state index is 0.960. The van der Waals surface area contributed by atoms with Crippen molar-refractivity contribution >= 4 is 17.0 Å². The Kier molecular flexibility index (Phi) is 3.85.